The van der Waals surface area contributed by atoms with E-state index in [9.17, 15) is 9.59 Å². The van der Waals surface area contributed by atoms with Crippen LogP contribution >= 0.6 is 0 Å². The zero-order valence-electron chi connectivity index (χ0n) is 12.4. The normalized spacial score (nSPS) is 10.5. The summed E-state index contributed by atoms with van der Waals surface area (Å²) in [6, 6.07) is 10.2. The molecule has 3 aromatic rings. The van der Waals surface area contributed by atoms with E-state index in [4.69, 9.17) is 0 Å². The third-order valence-electron chi connectivity index (χ3n) is 3.21. The minimum atomic E-state index is -0.455. The number of hydrogen-bond donors (Lipinski definition) is 2. The van der Waals surface area contributed by atoms with Crippen LogP contribution in [0.1, 0.15) is 27.8 Å². The maximum absolute atomic E-state index is 12.2. The number of fused-ring (bicyclic) bond motifs is 1. The predicted molar refractivity (Wildman–Crippen MR) is 84.2 cm³/mol. The summed E-state index contributed by atoms with van der Waals surface area (Å²) in [4.78, 5) is 28.6. The quantitative estimate of drug-likeness (QED) is 0.770. The summed E-state index contributed by atoms with van der Waals surface area (Å²) in [5, 5.41) is 9.66. The Morgan fingerprint density at radius 3 is 2.74 bits per heavy atom. The van der Waals surface area contributed by atoms with Crippen molar-refractivity contribution >= 4 is 28.5 Å². The number of benzene rings is 1. The van der Waals surface area contributed by atoms with Gasteiger partial charge in [-0.05, 0) is 19.1 Å². The van der Waals surface area contributed by atoms with Gasteiger partial charge in [-0.2, -0.15) is 0 Å². The fraction of sp³-hybridized carbons (Fsp3) is 0.125. The largest absolute Gasteiger partial charge is 0.364 e. The Hall–Kier alpha value is -3.22. The lowest BCUT2D eigenvalue weighted by molar-refractivity contribution is 0.0955. The van der Waals surface area contributed by atoms with Crippen molar-refractivity contribution in [2.75, 3.05) is 11.9 Å². The fourth-order valence-corrected chi connectivity index (χ4v) is 2.19. The van der Waals surface area contributed by atoms with Gasteiger partial charge in [0.15, 0.2) is 5.69 Å². The van der Waals surface area contributed by atoms with Gasteiger partial charge in [-0.25, -0.2) is 4.98 Å². The van der Waals surface area contributed by atoms with Crippen LogP contribution in [0, 0.1) is 0 Å². The molecule has 2 amide bonds. The van der Waals surface area contributed by atoms with Gasteiger partial charge in [-0.15, -0.1) is 0 Å². The van der Waals surface area contributed by atoms with E-state index in [1.165, 1.54) is 12.3 Å². The van der Waals surface area contributed by atoms with Crippen LogP contribution < -0.4 is 10.6 Å². The molecule has 3 rings (SSSR count). The highest BCUT2D eigenvalue weighted by Gasteiger charge is 2.15. The number of pyridine rings is 1. The van der Waals surface area contributed by atoms with E-state index in [1.807, 2.05) is 25.1 Å². The Balaban J connectivity index is 2.01. The Kier molecular flexibility index (Phi) is 4.01. The lowest BCUT2D eigenvalue weighted by Gasteiger charge is -2.09. The third kappa shape index (κ3) is 3.03. The highest BCUT2D eigenvalue weighted by Crippen LogP contribution is 2.21. The number of hydrogen-bond acceptors (Lipinski definition) is 5. The van der Waals surface area contributed by atoms with Crippen molar-refractivity contribution in [3.8, 4) is 0 Å². The second-order valence-corrected chi connectivity index (χ2v) is 4.77. The summed E-state index contributed by atoms with van der Waals surface area (Å²) in [6.45, 7) is 2.35. The molecule has 0 saturated carbocycles. The molecule has 2 aromatic heterocycles. The van der Waals surface area contributed by atoms with Gasteiger partial charge in [0.25, 0.3) is 11.8 Å². The molecule has 7 nitrogen and oxygen atoms in total. The second-order valence-electron chi connectivity index (χ2n) is 4.77. The van der Waals surface area contributed by atoms with Crippen molar-refractivity contribution in [1.82, 2.24) is 15.5 Å². The first kappa shape index (κ1) is 14.7. The number of nitrogens with zero attached hydrogens (tertiary/aromatic N) is 2. The highest BCUT2D eigenvalue weighted by molar-refractivity contribution is 6.08. The van der Waals surface area contributed by atoms with Crippen molar-refractivity contribution in [1.29, 1.82) is 0 Å². The number of carbonyl (C=O) groups is 2. The molecule has 0 aliphatic carbocycles. The molecule has 1 aromatic carbocycles. The van der Waals surface area contributed by atoms with Crippen molar-refractivity contribution in [2.24, 2.45) is 0 Å². The zero-order valence-corrected chi connectivity index (χ0v) is 12.4. The van der Waals surface area contributed by atoms with E-state index in [0.717, 1.165) is 5.39 Å². The first-order valence-corrected chi connectivity index (χ1v) is 7.08. The number of anilines is 1. The number of rotatable bonds is 4. The van der Waals surface area contributed by atoms with E-state index in [-0.39, 0.29) is 17.4 Å². The van der Waals surface area contributed by atoms with Gasteiger partial charge in [0, 0.05) is 18.0 Å². The molecule has 0 fully saturated rings. The SMILES string of the molecule is CCNC(=O)c1cc(NC(=O)c2ccon2)nc2ccccc12. The zero-order chi connectivity index (χ0) is 16.2. The minimum absolute atomic E-state index is 0.138. The number of para-hydroxylation sites is 1. The number of aromatic nitrogens is 2. The van der Waals surface area contributed by atoms with Crippen LogP contribution in [0.15, 0.2) is 47.2 Å². The van der Waals surface area contributed by atoms with E-state index >= 15 is 0 Å². The molecule has 0 saturated heterocycles. The molecule has 0 unspecified atom stereocenters. The molecule has 2 N–H and O–H groups in total. The third-order valence-corrected chi connectivity index (χ3v) is 3.21. The van der Waals surface area contributed by atoms with Crippen molar-refractivity contribution < 1.29 is 14.1 Å². The topological polar surface area (TPSA) is 97.1 Å². The lowest BCUT2D eigenvalue weighted by Crippen LogP contribution is -2.23. The summed E-state index contributed by atoms with van der Waals surface area (Å²) in [7, 11) is 0. The van der Waals surface area contributed by atoms with Gasteiger partial charge in [0.2, 0.25) is 0 Å². The van der Waals surface area contributed by atoms with E-state index in [0.29, 0.717) is 17.6 Å². The van der Waals surface area contributed by atoms with Crippen LogP contribution in [0.3, 0.4) is 0 Å². The van der Waals surface area contributed by atoms with Gasteiger partial charge in [0.1, 0.15) is 12.1 Å². The first-order chi connectivity index (χ1) is 11.2. The molecule has 116 valence electrons. The van der Waals surface area contributed by atoms with Crippen molar-refractivity contribution in [2.45, 2.75) is 6.92 Å². The standard InChI is InChI=1S/C16H14N4O3/c1-2-17-15(21)11-9-14(18-12-6-4-3-5-10(11)12)19-16(22)13-7-8-23-20-13/h3-9H,2H2,1H3,(H,17,21)(H,18,19,22). The molecule has 0 atom stereocenters. The maximum atomic E-state index is 12.2. The molecule has 0 spiro atoms. The van der Waals surface area contributed by atoms with Gasteiger partial charge < -0.3 is 15.2 Å². The Morgan fingerprint density at radius 2 is 2.00 bits per heavy atom. The van der Waals surface area contributed by atoms with Crippen LogP contribution in [-0.2, 0) is 0 Å². The van der Waals surface area contributed by atoms with Gasteiger partial charge in [0.05, 0.1) is 11.1 Å². The van der Waals surface area contributed by atoms with Crippen LogP contribution in [0.25, 0.3) is 10.9 Å². The van der Waals surface area contributed by atoms with E-state index in [1.54, 1.807) is 12.1 Å². The molecule has 0 aliphatic rings. The van der Waals surface area contributed by atoms with Crippen LogP contribution in [0.5, 0.6) is 0 Å². The van der Waals surface area contributed by atoms with Gasteiger partial charge >= 0.3 is 0 Å². The van der Waals surface area contributed by atoms with Gasteiger partial charge in [-0.1, -0.05) is 23.4 Å². The molecule has 0 bridgehead atoms. The van der Waals surface area contributed by atoms with Gasteiger partial charge in [-0.3, -0.25) is 9.59 Å². The molecule has 23 heavy (non-hydrogen) atoms. The number of carbonyl (C=O) groups excluding carboxylic acids is 2. The molecule has 2 heterocycles. The predicted octanol–water partition coefficient (Wildman–Crippen LogP) is 2.22. The average molecular weight is 310 g/mol. The Bertz CT molecular complexity index is 859. The van der Waals surface area contributed by atoms with Crippen molar-refractivity contribution in [3.05, 3.63) is 53.9 Å². The first-order valence-electron chi connectivity index (χ1n) is 7.08. The van der Waals surface area contributed by atoms with Crippen LogP contribution in [0.4, 0.5) is 5.82 Å². The summed E-state index contributed by atoms with van der Waals surface area (Å²) in [5.74, 6) is -0.399. The van der Waals surface area contributed by atoms with Crippen molar-refractivity contribution in [3.63, 3.8) is 0 Å². The van der Waals surface area contributed by atoms with E-state index in [2.05, 4.69) is 25.3 Å². The number of amides is 2. The van der Waals surface area contributed by atoms with E-state index < -0.39 is 5.91 Å². The molecule has 0 aliphatic heterocycles. The highest BCUT2D eigenvalue weighted by atomic mass is 16.5. The molecule has 7 heteroatoms. The average Bonchev–Trinajstić information content (AvgIpc) is 3.09. The summed E-state index contributed by atoms with van der Waals surface area (Å²) in [5.41, 5.74) is 1.21. The Morgan fingerprint density at radius 1 is 1.17 bits per heavy atom. The van der Waals surface area contributed by atoms with Crippen LogP contribution in [0.2, 0.25) is 0 Å². The molecular weight excluding hydrogens is 296 g/mol. The molecule has 0 radical (unpaired) electrons. The Labute approximate surface area is 131 Å². The monoisotopic (exact) mass is 310 g/mol. The summed E-state index contributed by atoms with van der Waals surface area (Å²) < 4.78 is 4.64. The number of nitrogens with one attached hydrogen (secondary N) is 2. The summed E-state index contributed by atoms with van der Waals surface area (Å²) in [6.07, 6.45) is 1.31. The molecular formula is C16H14N4O3. The lowest BCUT2D eigenvalue weighted by atomic mass is 10.1. The summed E-state index contributed by atoms with van der Waals surface area (Å²) >= 11 is 0. The minimum Gasteiger partial charge on any atom is -0.364 e. The smallest absolute Gasteiger partial charge is 0.278 e. The fourth-order valence-electron chi connectivity index (χ4n) is 2.19. The van der Waals surface area contributed by atoms with Crippen LogP contribution in [-0.4, -0.2) is 28.5 Å². The maximum Gasteiger partial charge on any atom is 0.278 e. The second kappa shape index (κ2) is 6.27.